The zero-order valence-electron chi connectivity index (χ0n) is 17.7. The molecule has 0 radical (unpaired) electrons. The number of rotatable bonds is 7. The quantitative estimate of drug-likeness (QED) is 0.509. The predicted octanol–water partition coefficient (Wildman–Crippen LogP) is 4.82. The largest absolute Gasteiger partial charge is 0.497 e. The Labute approximate surface area is 182 Å². The maximum Gasteiger partial charge on any atom is 0.199 e. The Morgan fingerprint density at radius 3 is 2.67 bits per heavy atom. The second-order valence-electron chi connectivity index (χ2n) is 7.51. The molecule has 7 heteroatoms. The summed E-state index contributed by atoms with van der Waals surface area (Å²) in [6.07, 6.45) is 2.30. The molecular formula is C23H28N4O2S. The zero-order valence-corrected chi connectivity index (χ0v) is 18.6. The van der Waals surface area contributed by atoms with E-state index in [9.17, 15) is 0 Å². The SMILES string of the molecule is CCOc1ccc([C@@H]2CCCN2Cn2nc(-c3cccc(OC)c3)n(C)c2=S)cc1. The van der Waals surface area contributed by atoms with Crippen molar-refractivity contribution in [2.45, 2.75) is 32.5 Å². The molecule has 0 spiro atoms. The van der Waals surface area contributed by atoms with Crippen LogP contribution in [-0.4, -0.2) is 39.5 Å². The Hall–Kier alpha value is -2.64. The predicted molar refractivity (Wildman–Crippen MR) is 120 cm³/mol. The third kappa shape index (κ3) is 4.13. The van der Waals surface area contributed by atoms with E-state index in [-0.39, 0.29) is 0 Å². The molecular weight excluding hydrogens is 396 g/mol. The third-order valence-electron chi connectivity index (χ3n) is 5.62. The van der Waals surface area contributed by atoms with Crippen molar-refractivity contribution in [2.24, 2.45) is 7.05 Å². The number of benzene rings is 2. The van der Waals surface area contributed by atoms with Gasteiger partial charge in [-0.3, -0.25) is 4.90 Å². The third-order valence-corrected chi connectivity index (χ3v) is 6.11. The van der Waals surface area contributed by atoms with Crippen LogP contribution < -0.4 is 9.47 Å². The van der Waals surface area contributed by atoms with E-state index in [4.69, 9.17) is 26.8 Å². The average molecular weight is 425 g/mol. The van der Waals surface area contributed by atoms with Gasteiger partial charge < -0.3 is 14.0 Å². The van der Waals surface area contributed by atoms with Crippen molar-refractivity contribution in [3.05, 3.63) is 58.9 Å². The fourth-order valence-electron chi connectivity index (χ4n) is 4.09. The second-order valence-corrected chi connectivity index (χ2v) is 7.88. The molecule has 0 saturated carbocycles. The van der Waals surface area contributed by atoms with E-state index in [0.717, 1.165) is 35.9 Å². The number of aromatic nitrogens is 3. The lowest BCUT2D eigenvalue weighted by Gasteiger charge is -2.24. The van der Waals surface area contributed by atoms with Crippen molar-refractivity contribution in [3.8, 4) is 22.9 Å². The van der Waals surface area contributed by atoms with Crippen LogP contribution in [0, 0.1) is 4.77 Å². The summed E-state index contributed by atoms with van der Waals surface area (Å²) < 4.78 is 15.5. The molecule has 1 saturated heterocycles. The van der Waals surface area contributed by atoms with Gasteiger partial charge in [0.1, 0.15) is 11.5 Å². The van der Waals surface area contributed by atoms with Gasteiger partial charge in [-0.05, 0) is 61.8 Å². The van der Waals surface area contributed by atoms with Gasteiger partial charge in [-0.2, -0.15) is 5.10 Å². The van der Waals surface area contributed by atoms with Crippen LogP contribution in [0.25, 0.3) is 11.4 Å². The molecule has 2 heterocycles. The summed E-state index contributed by atoms with van der Waals surface area (Å²) in [6.45, 7) is 4.39. The van der Waals surface area contributed by atoms with Gasteiger partial charge in [-0.1, -0.05) is 24.3 Å². The van der Waals surface area contributed by atoms with Crippen LogP contribution in [0.15, 0.2) is 48.5 Å². The monoisotopic (exact) mass is 424 g/mol. The van der Waals surface area contributed by atoms with Gasteiger partial charge in [0, 0.05) is 25.2 Å². The van der Waals surface area contributed by atoms with Gasteiger partial charge in [0.2, 0.25) is 0 Å². The maximum atomic E-state index is 5.70. The number of ether oxygens (including phenoxy) is 2. The summed E-state index contributed by atoms with van der Waals surface area (Å²) >= 11 is 5.70. The lowest BCUT2D eigenvalue weighted by molar-refractivity contribution is 0.190. The molecule has 0 amide bonds. The van der Waals surface area contributed by atoms with Crippen molar-refractivity contribution in [2.75, 3.05) is 20.3 Å². The first-order valence-electron chi connectivity index (χ1n) is 10.4. The Morgan fingerprint density at radius 2 is 1.93 bits per heavy atom. The maximum absolute atomic E-state index is 5.70. The number of nitrogens with zero attached hydrogens (tertiary/aromatic N) is 4. The topological polar surface area (TPSA) is 44.4 Å². The molecule has 1 aromatic heterocycles. The molecule has 1 atom stereocenters. The van der Waals surface area contributed by atoms with Crippen molar-refractivity contribution in [1.82, 2.24) is 19.2 Å². The van der Waals surface area contributed by atoms with Gasteiger partial charge in [-0.25, -0.2) is 4.68 Å². The summed E-state index contributed by atoms with van der Waals surface area (Å²) in [5.41, 5.74) is 2.30. The minimum Gasteiger partial charge on any atom is -0.497 e. The van der Waals surface area contributed by atoms with E-state index in [1.165, 1.54) is 12.0 Å². The van der Waals surface area contributed by atoms with Crippen LogP contribution in [-0.2, 0) is 13.7 Å². The van der Waals surface area contributed by atoms with E-state index in [1.807, 2.05) is 47.5 Å². The smallest absolute Gasteiger partial charge is 0.199 e. The molecule has 30 heavy (non-hydrogen) atoms. The second kappa shape index (κ2) is 9.02. The molecule has 6 nitrogen and oxygen atoms in total. The highest BCUT2D eigenvalue weighted by atomic mass is 32.1. The Balaban J connectivity index is 1.57. The van der Waals surface area contributed by atoms with Crippen molar-refractivity contribution in [3.63, 3.8) is 0 Å². The van der Waals surface area contributed by atoms with E-state index in [1.54, 1.807) is 7.11 Å². The molecule has 1 aliphatic heterocycles. The van der Waals surface area contributed by atoms with Crippen LogP contribution >= 0.6 is 12.2 Å². The van der Waals surface area contributed by atoms with Crippen molar-refractivity contribution < 1.29 is 9.47 Å². The Kier molecular flexibility index (Phi) is 6.20. The molecule has 1 fully saturated rings. The summed E-state index contributed by atoms with van der Waals surface area (Å²) in [4.78, 5) is 2.45. The highest BCUT2D eigenvalue weighted by Crippen LogP contribution is 2.33. The number of likely N-dealkylation sites (tertiary alicyclic amines) is 1. The summed E-state index contributed by atoms with van der Waals surface area (Å²) in [7, 11) is 3.64. The van der Waals surface area contributed by atoms with Crippen molar-refractivity contribution in [1.29, 1.82) is 0 Å². The number of methoxy groups -OCH3 is 1. The standard InChI is InChI=1S/C23H28N4O2S/c1-4-29-19-12-10-17(11-13-19)21-9-6-14-26(21)16-27-23(30)25(2)22(24-27)18-7-5-8-20(15-18)28-3/h5,7-8,10-13,15,21H,4,6,9,14,16H2,1-3H3/t21-/m0/s1. The fraction of sp³-hybridized carbons (Fsp3) is 0.391. The summed E-state index contributed by atoms with van der Waals surface area (Å²) in [5, 5.41) is 4.84. The van der Waals surface area contributed by atoms with Crippen molar-refractivity contribution >= 4 is 12.2 Å². The van der Waals surface area contributed by atoms with Gasteiger partial charge in [-0.15, -0.1) is 0 Å². The van der Waals surface area contributed by atoms with Gasteiger partial charge >= 0.3 is 0 Å². The Bertz CT molecular complexity index is 1060. The highest BCUT2D eigenvalue weighted by molar-refractivity contribution is 7.71. The van der Waals surface area contributed by atoms with E-state index in [0.29, 0.717) is 24.1 Å². The molecule has 0 bridgehead atoms. The van der Waals surface area contributed by atoms with Gasteiger partial charge in [0.05, 0.1) is 20.4 Å². The molecule has 0 aliphatic carbocycles. The van der Waals surface area contributed by atoms with E-state index < -0.39 is 0 Å². The minimum absolute atomic E-state index is 0.366. The molecule has 3 aromatic rings. The van der Waals surface area contributed by atoms with Crippen LogP contribution in [0.1, 0.15) is 31.4 Å². The van der Waals surface area contributed by atoms with E-state index in [2.05, 4.69) is 29.2 Å². The molecule has 2 aromatic carbocycles. The molecule has 0 N–H and O–H groups in total. The van der Waals surface area contributed by atoms with Gasteiger partial charge in [0.25, 0.3) is 0 Å². The number of hydrogen-bond donors (Lipinski definition) is 0. The lowest BCUT2D eigenvalue weighted by atomic mass is 10.0. The highest BCUT2D eigenvalue weighted by Gasteiger charge is 2.27. The molecule has 158 valence electrons. The number of hydrogen-bond acceptors (Lipinski definition) is 5. The first kappa shape index (κ1) is 20.6. The summed E-state index contributed by atoms with van der Waals surface area (Å²) in [6, 6.07) is 16.7. The van der Waals surface area contributed by atoms with Gasteiger partial charge in [0.15, 0.2) is 10.6 Å². The first-order chi connectivity index (χ1) is 14.6. The van der Waals surface area contributed by atoms with Crippen LogP contribution in [0.2, 0.25) is 0 Å². The van der Waals surface area contributed by atoms with Crippen LogP contribution in [0.4, 0.5) is 0 Å². The zero-order chi connectivity index (χ0) is 21.1. The summed E-state index contributed by atoms with van der Waals surface area (Å²) in [5.74, 6) is 2.57. The molecule has 0 unspecified atom stereocenters. The Morgan fingerprint density at radius 1 is 1.13 bits per heavy atom. The van der Waals surface area contributed by atoms with Crippen LogP contribution in [0.3, 0.4) is 0 Å². The average Bonchev–Trinajstić information content (AvgIpc) is 3.35. The van der Waals surface area contributed by atoms with E-state index >= 15 is 0 Å². The molecule has 4 rings (SSSR count). The first-order valence-corrected chi connectivity index (χ1v) is 10.8. The minimum atomic E-state index is 0.366. The molecule has 1 aliphatic rings. The normalized spacial score (nSPS) is 16.7. The fourth-order valence-corrected chi connectivity index (χ4v) is 4.28. The van der Waals surface area contributed by atoms with Crippen LogP contribution in [0.5, 0.6) is 11.5 Å². The lowest BCUT2D eigenvalue weighted by Crippen LogP contribution is -2.27.